The summed E-state index contributed by atoms with van der Waals surface area (Å²) in [4.78, 5) is 0. The number of rotatable bonds is 5. The zero-order valence-electron chi connectivity index (χ0n) is 10.1. The lowest BCUT2D eigenvalue weighted by Crippen LogP contribution is -2.13. The van der Waals surface area contributed by atoms with Crippen LogP contribution in [0.1, 0.15) is 23.1 Å². The molecule has 0 aliphatic heterocycles. The summed E-state index contributed by atoms with van der Waals surface area (Å²) in [6.45, 7) is -0.451. The Morgan fingerprint density at radius 1 is 1.16 bits per heavy atom. The third-order valence-corrected chi connectivity index (χ3v) is 3.07. The number of aromatic nitrogens is 3. The van der Waals surface area contributed by atoms with E-state index in [1.165, 1.54) is 4.68 Å². The lowest BCUT2D eigenvalue weighted by molar-refractivity contribution is 0.145. The largest absolute Gasteiger partial charge is 0.390 e. The van der Waals surface area contributed by atoms with E-state index in [0.717, 1.165) is 0 Å². The van der Waals surface area contributed by atoms with E-state index in [9.17, 15) is 10.2 Å². The highest BCUT2D eigenvalue weighted by Gasteiger charge is 2.15. The molecule has 1 atom stereocenters. The molecule has 0 unspecified atom stereocenters. The predicted octanol–water partition coefficient (Wildman–Crippen LogP) is 0.650. The number of hydrogen-bond acceptors (Lipinski definition) is 5. The Labute approximate surface area is 114 Å². The van der Waals surface area contributed by atoms with Crippen molar-refractivity contribution in [2.45, 2.75) is 25.9 Å². The molecule has 6 nitrogen and oxygen atoms in total. The van der Waals surface area contributed by atoms with Crippen molar-refractivity contribution in [1.29, 1.82) is 0 Å². The molecule has 0 aliphatic carbocycles. The van der Waals surface area contributed by atoms with E-state index < -0.39 is 6.10 Å². The average molecular weight is 284 g/mol. The summed E-state index contributed by atoms with van der Waals surface area (Å²) in [5, 5.41) is 36.5. The highest BCUT2D eigenvalue weighted by molar-refractivity contribution is 6.30. The summed E-state index contributed by atoms with van der Waals surface area (Å²) >= 11 is 5.78. The Morgan fingerprint density at radius 3 is 2.42 bits per heavy atom. The standard InChI is InChI=1S/C12H14ClN3O3/c13-9-3-1-8(2-4-9)12(19)5-16-11(7-18)10(6-17)14-15-16/h1-4,12,17-19H,5-7H2/t12-/m1/s1. The van der Waals surface area contributed by atoms with Crippen molar-refractivity contribution < 1.29 is 15.3 Å². The van der Waals surface area contributed by atoms with Crippen LogP contribution in [0.4, 0.5) is 0 Å². The van der Waals surface area contributed by atoms with Gasteiger partial charge in [0.25, 0.3) is 0 Å². The third kappa shape index (κ3) is 3.10. The van der Waals surface area contributed by atoms with E-state index in [4.69, 9.17) is 16.7 Å². The fourth-order valence-corrected chi connectivity index (χ4v) is 1.89. The van der Waals surface area contributed by atoms with E-state index in [1.807, 2.05) is 0 Å². The van der Waals surface area contributed by atoms with Crippen molar-refractivity contribution in [2.24, 2.45) is 0 Å². The number of aliphatic hydroxyl groups excluding tert-OH is 3. The van der Waals surface area contributed by atoms with E-state index in [2.05, 4.69) is 10.3 Å². The molecule has 7 heteroatoms. The van der Waals surface area contributed by atoms with E-state index in [1.54, 1.807) is 24.3 Å². The quantitative estimate of drug-likeness (QED) is 0.749. The Kier molecular flexibility index (Phi) is 4.49. The average Bonchev–Trinajstić information content (AvgIpc) is 2.81. The fourth-order valence-electron chi connectivity index (χ4n) is 1.77. The molecular weight excluding hydrogens is 270 g/mol. The van der Waals surface area contributed by atoms with Gasteiger partial charge >= 0.3 is 0 Å². The first-order valence-corrected chi connectivity index (χ1v) is 6.10. The number of hydrogen-bond donors (Lipinski definition) is 3. The lowest BCUT2D eigenvalue weighted by atomic mass is 10.1. The van der Waals surface area contributed by atoms with Gasteiger partial charge in [-0.05, 0) is 17.7 Å². The Balaban J connectivity index is 2.16. The van der Waals surface area contributed by atoms with Gasteiger partial charge in [-0.15, -0.1) is 5.10 Å². The Hall–Kier alpha value is -1.47. The topological polar surface area (TPSA) is 91.4 Å². The van der Waals surface area contributed by atoms with Crippen LogP contribution in [0.5, 0.6) is 0 Å². The number of aliphatic hydroxyl groups is 3. The second-order valence-electron chi connectivity index (χ2n) is 4.05. The van der Waals surface area contributed by atoms with E-state index in [0.29, 0.717) is 22.0 Å². The van der Waals surface area contributed by atoms with Crippen LogP contribution in [0.15, 0.2) is 24.3 Å². The van der Waals surface area contributed by atoms with Crippen LogP contribution in [0.25, 0.3) is 0 Å². The molecule has 0 saturated carbocycles. The molecule has 3 N–H and O–H groups in total. The van der Waals surface area contributed by atoms with Crippen LogP contribution in [-0.2, 0) is 19.8 Å². The number of benzene rings is 1. The minimum absolute atomic E-state index is 0.143. The third-order valence-electron chi connectivity index (χ3n) is 2.82. The molecule has 0 amide bonds. The van der Waals surface area contributed by atoms with Crippen LogP contribution >= 0.6 is 11.6 Å². The van der Waals surface area contributed by atoms with Crippen LogP contribution in [-0.4, -0.2) is 30.3 Å². The maximum absolute atomic E-state index is 10.1. The van der Waals surface area contributed by atoms with Gasteiger partial charge in [0.05, 0.1) is 31.6 Å². The van der Waals surface area contributed by atoms with Crippen molar-refractivity contribution in [3.8, 4) is 0 Å². The zero-order chi connectivity index (χ0) is 13.8. The highest BCUT2D eigenvalue weighted by Crippen LogP contribution is 2.19. The molecule has 102 valence electrons. The van der Waals surface area contributed by atoms with E-state index >= 15 is 0 Å². The van der Waals surface area contributed by atoms with Gasteiger partial charge < -0.3 is 15.3 Å². The van der Waals surface area contributed by atoms with Gasteiger partial charge in [-0.1, -0.05) is 28.9 Å². The molecule has 0 saturated heterocycles. The van der Waals surface area contributed by atoms with Crippen molar-refractivity contribution in [3.63, 3.8) is 0 Å². The van der Waals surface area contributed by atoms with Crippen LogP contribution in [0.3, 0.4) is 0 Å². The SMILES string of the molecule is OCc1nnn(C[C@@H](O)c2ccc(Cl)cc2)c1CO. The first-order chi connectivity index (χ1) is 9.15. The van der Waals surface area contributed by atoms with Gasteiger partial charge in [-0.25, -0.2) is 4.68 Å². The number of nitrogens with zero attached hydrogens (tertiary/aromatic N) is 3. The molecule has 0 fully saturated rings. The van der Waals surface area contributed by atoms with E-state index in [-0.39, 0.29) is 19.8 Å². The summed E-state index contributed by atoms with van der Waals surface area (Å²) in [7, 11) is 0. The highest BCUT2D eigenvalue weighted by atomic mass is 35.5. The van der Waals surface area contributed by atoms with Gasteiger partial charge in [-0.3, -0.25) is 0 Å². The van der Waals surface area contributed by atoms with Crippen molar-refractivity contribution in [1.82, 2.24) is 15.0 Å². The predicted molar refractivity (Wildman–Crippen MR) is 68.3 cm³/mol. The zero-order valence-corrected chi connectivity index (χ0v) is 10.8. The van der Waals surface area contributed by atoms with Crippen LogP contribution < -0.4 is 0 Å². The minimum atomic E-state index is -0.796. The summed E-state index contributed by atoms with van der Waals surface area (Å²) in [5.41, 5.74) is 1.40. The van der Waals surface area contributed by atoms with Crippen molar-refractivity contribution in [3.05, 3.63) is 46.2 Å². The second-order valence-corrected chi connectivity index (χ2v) is 4.48. The molecule has 2 rings (SSSR count). The molecule has 0 bridgehead atoms. The van der Waals surface area contributed by atoms with Crippen molar-refractivity contribution in [2.75, 3.05) is 0 Å². The molecule has 1 aromatic carbocycles. The normalized spacial score (nSPS) is 12.6. The molecule has 0 spiro atoms. The summed E-state index contributed by atoms with van der Waals surface area (Å²) < 4.78 is 1.38. The van der Waals surface area contributed by atoms with Gasteiger partial charge in [-0.2, -0.15) is 0 Å². The molecule has 0 radical (unpaired) electrons. The maximum atomic E-state index is 10.1. The van der Waals surface area contributed by atoms with Gasteiger partial charge in [0.15, 0.2) is 0 Å². The maximum Gasteiger partial charge on any atom is 0.114 e. The first-order valence-electron chi connectivity index (χ1n) is 5.72. The van der Waals surface area contributed by atoms with Gasteiger partial charge in [0.1, 0.15) is 5.69 Å². The van der Waals surface area contributed by atoms with Gasteiger partial charge in [0, 0.05) is 5.02 Å². The minimum Gasteiger partial charge on any atom is -0.390 e. The first kappa shape index (κ1) is 14.0. The molecule has 19 heavy (non-hydrogen) atoms. The second kappa shape index (κ2) is 6.12. The smallest absolute Gasteiger partial charge is 0.114 e. The van der Waals surface area contributed by atoms with Crippen molar-refractivity contribution >= 4 is 11.6 Å². The molecular formula is C12H14ClN3O3. The number of halogens is 1. The molecule has 2 aromatic rings. The lowest BCUT2D eigenvalue weighted by Gasteiger charge is -2.12. The van der Waals surface area contributed by atoms with Crippen LogP contribution in [0.2, 0.25) is 5.02 Å². The Bertz CT molecular complexity index is 542. The summed E-state index contributed by atoms with van der Waals surface area (Å²) in [6, 6.07) is 6.81. The fraction of sp³-hybridized carbons (Fsp3) is 0.333. The Morgan fingerprint density at radius 2 is 1.84 bits per heavy atom. The summed E-state index contributed by atoms with van der Waals surface area (Å²) in [5.74, 6) is 0. The molecule has 1 aromatic heterocycles. The van der Waals surface area contributed by atoms with Gasteiger partial charge in [0.2, 0.25) is 0 Å². The summed E-state index contributed by atoms with van der Waals surface area (Å²) in [6.07, 6.45) is -0.796. The molecule has 1 heterocycles. The van der Waals surface area contributed by atoms with Crippen LogP contribution in [0, 0.1) is 0 Å². The molecule has 0 aliphatic rings. The monoisotopic (exact) mass is 283 g/mol.